The summed E-state index contributed by atoms with van der Waals surface area (Å²) in [5, 5.41) is 0. The largest absolute Gasteiger partial charge is 0.493 e. The lowest BCUT2D eigenvalue weighted by atomic mass is 9.85. The smallest absolute Gasteiger partial charge is 0.237 e. The van der Waals surface area contributed by atoms with Crippen molar-refractivity contribution in [3.63, 3.8) is 0 Å². The van der Waals surface area contributed by atoms with Crippen LogP contribution < -0.4 is 16.2 Å². The van der Waals surface area contributed by atoms with Gasteiger partial charge in [0.15, 0.2) is 0 Å². The lowest BCUT2D eigenvalue weighted by Crippen LogP contribution is -2.54. The monoisotopic (exact) mass is 276 g/mol. The Labute approximate surface area is 120 Å². The van der Waals surface area contributed by atoms with E-state index in [4.69, 9.17) is 16.2 Å². The molecule has 110 valence electrons. The summed E-state index contributed by atoms with van der Waals surface area (Å²) in [5.41, 5.74) is 12.0. The number of aryl methyl sites for hydroxylation is 1. The number of para-hydroxylation sites is 1. The van der Waals surface area contributed by atoms with Gasteiger partial charge in [0.25, 0.3) is 0 Å². The van der Waals surface area contributed by atoms with Gasteiger partial charge < -0.3 is 16.2 Å². The zero-order valence-corrected chi connectivity index (χ0v) is 12.1. The van der Waals surface area contributed by atoms with Crippen LogP contribution in [0.2, 0.25) is 0 Å². The highest BCUT2D eigenvalue weighted by Crippen LogP contribution is 2.36. The standard InChI is InChI=1S/C16H24N2O2/c1-2-12-6-3-4-8-14(12)20-11-9-13-7-5-10-16(13,18)15(17)19/h3-4,6,8,13H,2,5,7,9-11,18H2,1H3,(H2,17,19). The van der Waals surface area contributed by atoms with E-state index in [1.54, 1.807) is 0 Å². The van der Waals surface area contributed by atoms with E-state index >= 15 is 0 Å². The summed E-state index contributed by atoms with van der Waals surface area (Å²) >= 11 is 0. The molecule has 0 heterocycles. The highest BCUT2D eigenvalue weighted by atomic mass is 16.5. The number of amides is 1. The average Bonchev–Trinajstić information content (AvgIpc) is 2.82. The van der Waals surface area contributed by atoms with E-state index in [-0.39, 0.29) is 11.8 Å². The Morgan fingerprint density at radius 1 is 1.45 bits per heavy atom. The van der Waals surface area contributed by atoms with Crippen LogP contribution in [-0.4, -0.2) is 18.1 Å². The Balaban J connectivity index is 1.91. The van der Waals surface area contributed by atoms with Gasteiger partial charge in [0.2, 0.25) is 5.91 Å². The van der Waals surface area contributed by atoms with E-state index in [1.165, 1.54) is 5.56 Å². The zero-order chi connectivity index (χ0) is 14.6. The van der Waals surface area contributed by atoms with Crippen LogP contribution in [0.25, 0.3) is 0 Å². The molecular formula is C16H24N2O2. The number of ether oxygens (including phenoxy) is 1. The van der Waals surface area contributed by atoms with Crippen LogP contribution in [0.1, 0.15) is 38.2 Å². The Hall–Kier alpha value is -1.55. The molecule has 4 nitrogen and oxygen atoms in total. The molecule has 1 aromatic carbocycles. The van der Waals surface area contributed by atoms with E-state index in [9.17, 15) is 4.79 Å². The lowest BCUT2D eigenvalue weighted by molar-refractivity contribution is -0.124. The fraction of sp³-hybridized carbons (Fsp3) is 0.562. The molecule has 1 amide bonds. The molecule has 0 radical (unpaired) electrons. The van der Waals surface area contributed by atoms with Gasteiger partial charge in [-0.15, -0.1) is 0 Å². The Bertz CT molecular complexity index is 475. The molecule has 1 aliphatic rings. The van der Waals surface area contributed by atoms with Crippen LogP contribution in [0.5, 0.6) is 5.75 Å². The van der Waals surface area contributed by atoms with Crippen molar-refractivity contribution in [1.82, 2.24) is 0 Å². The van der Waals surface area contributed by atoms with Crippen molar-refractivity contribution < 1.29 is 9.53 Å². The van der Waals surface area contributed by atoms with Crippen LogP contribution in [0.3, 0.4) is 0 Å². The van der Waals surface area contributed by atoms with Crippen LogP contribution in [0.15, 0.2) is 24.3 Å². The van der Waals surface area contributed by atoms with Crippen molar-refractivity contribution in [2.45, 2.75) is 44.6 Å². The molecule has 1 saturated carbocycles. The summed E-state index contributed by atoms with van der Waals surface area (Å²) in [6, 6.07) is 8.04. The first kappa shape index (κ1) is 14.9. The highest BCUT2D eigenvalue weighted by molar-refractivity contribution is 5.85. The third-order valence-corrected chi connectivity index (χ3v) is 4.41. The van der Waals surface area contributed by atoms with Gasteiger partial charge in [0.05, 0.1) is 12.1 Å². The number of primary amides is 1. The van der Waals surface area contributed by atoms with E-state index in [1.807, 2.05) is 18.2 Å². The number of nitrogens with two attached hydrogens (primary N) is 2. The van der Waals surface area contributed by atoms with Gasteiger partial charge in [-0.25, -0.2) is 0 Å². The fourth-order valence-corrected chi connectivity index (χ4v) is 3.08. The number of rotatable bonds is 6. The van der Waals surface area contributed by atoms with Crippen molar-refractivity contribution >= 4 is 5.91 Å². The molecular weight excluding hydrogens is 252 g/mol. The summed E-state index contributed by atoms with van der Waals surface area (Å²) in [5.74, 6) is 0.678. The first-order valence-electron chi connectivity index (χ1n) is 7.37. The molecule has 0 saturated heterocycles. The molecule has 0 bridgehead atoms. The first-order chi connectivity index (χ1) is 9.58. The second-order valence-corrected chi connectivity index (χ2v) is 5.59. The summed E-state index contributed by atoms with van der Waals surface area (Å²) < 4.78 is 5.86. The minimum atomic E-state index is -0.840. The number of benzene rings is 1. The molecule has 2 unspecified atom stereocenters. The number of hydrogen-bond donors (Lipinski definition) is 2. The zero-order valence-electron chi connectivity index (χ0n) is 12.1. The topological polar surface area (TPSA) is 78.3 Å². The minimum Gasteiger partial charge on any atom is -0.493 e. The number of hydrogen-bond acceptors (Lipinski definition) is 3. The molecule has 0 spiro atoms. The Morgan fingerprint density at radius 3 is 2.90 bits per heavy atom. The quantitative estimate of drug-likeness (QED) is 0.834. The van der Waals surface area contributed by atoms with Crippen LogP contribution in [0.4, 0.5) is 0 Å². The summed E-state index contributed by atoms with van der Waals surface area (Å²) in [6.45, 7) is 2.69. The van der Waals surface area contributed by atoms with Gasteiger partial charge in [-0.3, -0.25) is 4.79 Å². The SMILES string of the molecule is CCc1ccccc1OCCC1CCCC1(N)C(N)=O. The summed E-state index contributed by atoms with van der Waals surface area (Å²) in [6.07, 6.45) is 4.34. The third-order valence-electron chi connectivity index (χ3n) is 4.41. The predicted octanol–water partition coefficient (Wildman–Crippen LogP) is 2.00. The second-order valence-electron chi connectivity index (χ2n) is 5.59. The second kappa shape index (κ2) is 6.27. The maximum Gasteiger partial charge on any atom is 0.237 e. The van der Waals surface area contributed by atoms with E-state index in [0.717, 1.165) is 31.4 Å². The van der Waals surface area contributed by atoms with Crippen LogP contribution >= 0.6 is 0 Å². The molecule has 4 heteroatoms. The van der Waals surface area contributed by atoms with E-state index < -0.39 is 5.54 Å². The maximum atomic E-state index is 11.5. The molecule has 20 heavy (non-hydrogen) atoms. The Kier molecular flexibility index (Phi) is 4.65. The van der Waals surface area contributed by atoms with Crippen molar-refractivity contribution in [1.29, 1.82) is 0 Å². The Morgan fingerprint density at radius 2 is 2.20 bits per heavy atom. The van der Waals surface area contributed by atoms with Gasteiger partial charge in [-0.2, -0.15) is 0 Å². The lowest BCUT2D eigenvalue weighted by Gasteiger charge is -2.28. The molecule has 0 aliphatic heterocycles. The van der Waals surface area contributed by atoms with Crippen molar-refractivity contribution in [3.05, 3.63) is 29.8 Å². The molecule has 1 fully saturated rings. The number of carbonyl (C=O) groups is 1. The molecule has 2 rings (SSSR count). The van der Waals surface area contributed by atoms with Crippen LogP contribution in [-0.2, 0) is 11.2 Å². The predicted molar refractivity (Wildman–Crippen MR) is 79.4 cm³/mol. The van der Waals surface area contributed by atoms with Gasteiger partial charge >= 0.3 is 0 Å². The van der Waals surface area contributed by atoms with Crippen molar-refractivity contribution in [2.24, 2.45) is 17.4 Å². The van der Waals surface area contributed by atoms with Gasteiger partial charge in [0, 0.05) is 0 Å². The van der Waals surface area contributed by atoms with Crippen molar-refractivity contribution in [3.8, 4) is 5.75 Å². The molecule has 1 aliphatic carbocycles. The van der Waals surface area contributed by atoms with Crippen molar-refractivity contribution in [2.75, 3.05) is 6.61 Å². The van der Waals surface area contributed by atoms with Crippen LogP contribution in [0, 0.1) is 5.92 Å². The highest BCUT2D eigenvalue weighted by Gasteiger charge is 2.43. The molecule has 4 N–H and O–H groups in total. The maximum absolute atomic E-state index is 11.5. The fourth-order valence-electron chi connectivity index (χ4n) is 3.08. The number of carbonyl (C=O) groups excluding carboxylic acids is 1. The first-order valence-corrected chi connectivity index (χ1v) is 7.37. The molecule has 2 atom stereocenters. The van der Waals surface area contributed by atoms with Gasteiger partial charge in [-0.1, -0.05) is 31.5 Å². The summed E-state index contributed by atoms with van der Waals surface area (Å²) in [7, 11) is 0. The van der Waals surface area contributed by atoms with E-state index in [2.05, 4.69) is 13.0 Å². The van der Waals surface area contributed by atoms with E-state index in [0.29, 0.717) is 13.0 Å². The average molecular weight is 276 g/mol. The molecule has 1 aromatic rings. The normalized spacial score (nSPS) is 25.6. The van der Waals surface area contributed by atoms with Gasteiger partial charge in [0.1, 0.15) is 5.75 Å². The van der Waals surface area contributed by atoms with Gasteiger partial charge in [-0.05, 0) is 43.2 Å². The summed E-state index contributed by atoms with van der Waals surface area (Å²) in [4.78, 5) is 11.5. The third kappa shape index (κ3) is 2.96. The minimum absolute atomic E-state index is 0.133. The molecule has 0 aromatic heterocycles.